The molecule has 0 aliphatic heterocycles. The van der Waals surface area contributed by atoms with Gasteiger partial charge in [0.1, 0.15) is 5.75 Å². The minimum atomic E-state index is -1.23. The molecule has 26 heavy (non-hydrogen) atoms. The maximum Gasteiger partial charge on any atom is 0.276 e. The van der Waals surface area contributed by atoms with E-state index in [1.54, 1.807) is 12.1 Å². The highest BCUT2D eigenvalue weighted by Gasteiger charge is 2.31. The van der Waals surface area contributed by atoms with E-state index in [4.69, 9.17) is 16.3 Å². The summed E-state index contributed by atoms with van der Waals surface area (Å²) in [5.74, 6) is -3.33. The largest absolute Gasteiger partial charge is 0.550 e. The van der Waals surface area contributed by atoms with E-state index in [9.17, 15) is 19.5 Å². The van der Waals surface area contributed by atoms with E-state index in [2.05, 4.69) is 10.9 Å². The summed E-state index contributed by atoms with van der Waals surface area (Å²) >= 11 is 6.08. The molecular formula is C18H22ClN2O5-. The Balaban J connectivity index is 1.83. The molecule has 2 amide bonds. The van der Waals surface area contributed by atoms with Crippen molar-refractivity contribution in [2.75, 3.05) is 6.61 Å². The number of aliphatic carboxylic acids is 1. The summed E-state index contributed by atoms with van der Waals surface area (Å²) in [6, 6.07) is 3.43. The Morgan fingerprint density at radius 1 is 1.12 bits per heavy atom. The first-order valence-corrected chi connectivity index (χ1v) is 8.86. The van der Waals surface area contributed by atoms with Gasteiger partial charge in [-0.2, -0.15) is 0 Å². The first-order valence-electron chi connectivity index (χ1n) is 8.48. The third kappa shape index (κ3) is 5.11. The van der Waals surface area contributed by atoms with Crippen molar-refractivity contribution >= 4 is 29.4 Å². The van der Waals surface area contributed by atoms with Crippen molar-refractivity contribution in [3.05, 3.63) is 28.3 Å². The molecule has 0 aromatic heterocycles. The van der Waals surface area contributed by atoms with Gasteiger partial charge in [0.25, 0.3) is 5.91 Å². The zero-order chi connectivity index (χ0) is 19.3. The number of amides is 2. The van der Waals surface area contributed by atoms with Crippen molar-refractivity contribution in [1.29, 1.82) is 0 Å². The van der Waals surface area contributed by atoms with Crippen LogP contribution in [0.1, 0.15) is 36.8 Å². The van der Waals surface area contributed by atoms with Gasteiger partial charge in [0, 0.05) is 22.8 Å². The van der Waals surface area contributed by atoms with Gasteiger partial charge in [-0.05, 0) is 49.9 Å². The monoisotopic (exact) mass is 381 g/mol. The number of carboxylic acid groups (broad SMARTS) is 1. The fraction of sp³-hybridized carbons (Fsp3) is 0.500. The number of benzene rings is 1. The summed E-state index contributed by atoms with van der Waals surface area (Å²) in [7, 11) is 0. The average molecular weight is 382 g/mol. The van der Waals surface area contributed by atoms with Gasteiger partial charge in [0.2, 0.25) is 5.91 Å². The molecular weight excluding hydrogens is 360 g/mol. The molecule has 7 nitrogen and oxygen atoms in total. The molecule has 1 aromatic rings. The Morgan fingerprint density at radius 3 is 2.27 bits per heavy atom. The number of halogens is 1. The van der Waals surface area contributed by atoms with Gasteiger partial charge in [-0.3, -0.25) is 20.4 Å². The van der Waals surface area contributed by atoms with Crippen LogP contribution >= 0.6 is 11.6 Å². The Bertz CT molecular complexity index is 684. The van der Waals surface area contributed by atoms with Crippen LogP contribution < -0.4 is 20.7 Å². The fourth-order valence-corrected chi connectivity index (χ4v) is 3.23. The zero-order valence-electron chi connectivity index (χ0n) is 14.8. The van der Waals surface area contributed by atoms with E-state index in [0.717, 1.165) is 24.0 Å². The van der Waals surface area contributed by atoms with Crippen molar-refractivity contribution in [3.63, 3.8) is 0 Å². The summed E-state index contributed by atoms with van der Waals surface area (Å²) in [6.07, 6.45) is 2.39. The molecule has 142 valence electrons. The van der Waals surface area contributed by atoms with E-state index < -0.39 is 29.6 Å². The van der Waals surface area contributed by atoms with Crippen LogP contribution in [-0.2, 0) is 14.4 Å². The van der Waals surface area contributed by atoms with Crippen LogP contribution in [0.4, 0.5) is 0 Å². The average Bonchev–Trinajstić information content (AvgIpc) is 2.62. The summed E-state index contributed by atoms with van der Waals surface area (Å²) in [5.41, 5.74) is 6.19. The third-order valence-electron chi connectivity index (χ3n) is 4.51. The van der Waals surface area contributed by atoms with E-state index >= 15 is 0 Å². The van der Waals surface area contributed by atoms with E-state index in [1.165, 1.54) is 0 Å². The highest BCUT2D eigenvalue weighted by Crippen LogP contribution is 2.29. The van der Waals surface area contributed by atoms with Crippen LogP contribution in [0.15, 0.2) is 12.1 Å². The van der Waals surface area contributed by atoms with Crippen LogP contribution in [0, 0.1) is 25.7 Å². The second kappa shape index (κ2) is 8.89. The molecule has 2 atom stereocenters. The number of carboxylic acids is 1. The molecule has 0 bridgehead atoms. The number of nitrogens with one attached hydrogen (secondary N) is 2. The first-order chi connectivity index (χ1) is 12.3. The minimum Gasteiger partial charge on any atom is -0.550 e. The van der Waals surface area contributed by atoms with Gasteiger partial charge in [-0.15, -0.1) is 0 Å². The predicted octanol–water partition coefficient (Wildman–Crippen LogP) is 1.04. The molecule has 2 rings (SSSR count). The summed E-state index contributed by atoms with van der Waals surface area (Å²) in [6.45, 7) is 3.37. The SMILES string of the molecule is Cc1cc(OCC(=O)NNC(=O)[C@@H]2CCCC[C@@H]2C(=O)[O-])cc(C)c1Cl. The van der Waals surface area contributed by atoms with Crippen LogP contribution in [0.2, 0.25) is 5.02 Å². The predicted molar refractivity (Wildman–Crippen MR) is 93.2 cm³/mol. The molecule has 1 saturated carbocycles. The van der Waals surface area contributed by atoms with Crippen molar-refractivity contribution in [2.24, 2.45) is 11.8 Å². The van der Waals surface area contributed by atoms with Crippen LogP contribution in [-0.4, -0.2) is 24.4 Å². The molecule has 0 heterocycles. The smallest absolute Gasteiger partial charge is 0.276 e. The van der Waals surface area contributed by atoms with Crippen molar-refractivity contribution in [1.82, 2.24) is 10.9 Å². The lowest BCUT2D eigenvalue weighted by molar-refractivity contribution is -0.314. The van der Waals surface area contributed by atoms with Gasteiger partial charge in [0.15, 0.2) is 6.61 Å². The number of rotatable bonds is 5. The number of carbonyl (C=O) groups excluding carboxylic acids is 3. The molecule has 1 aliphatic carbocycles. The molecule has 0 spiro atoms. The maximum atomic E-state index is 12.1. The number of carbonyl (C=O) groups is 3. The molecule has 1 aliphatic rings. The normalized spacial score (nSPS) is 19.5. The topological polar surface area (TPSA) is 108 Å². The second-order valence-electron chi connectivity index (χ2n) is 6.51. The summed E-state index contributed by atoms with van der Waals surface area (Å²) in [5, 5.41) is 11.8. The lowest BCUT2D eigenvalue weighted by Crippen LogP contribution is -2.50. The number of hydrazine groups is 1. The van der Waals surface area contributed by atoms with E-state index in [0.29, 0.717) is 23.6 Å². The summed E-state index contributed by atoms with van der Waals surface area (Å²) in [4.78, 5) is 35.1. The van der Waals surface area contributed by atoms with E-state index in [-0.39, 0.29) is 6.61 Å². The van der Waals surface area contributed by atoms with Gasteiger partial charge >= 0.3 is 0 Å². The molecule has 1 fully saturated rings. The van der Waals surface area contributed by atoms with Gasteiger partial charge in [-0.1, -0.05) is 24.4 Å². The molecule has 2 N–H and O–H groups in total. The second-order valence-corrected chi connectivity index (χ2v) is 6.89. The highest BCUT2D eigenvalue weighted by atomic mass is 35.5. The molecule has 8 heteroatoms. The van der Waals surface area contributed by atoms with E-state index in [1.807, 2.05) is 13.8 Å². The van der Waals surface area contributed by atoms with Crippen molar-refractivity contribution in [2.45, 2.75) is 39.5 Å². The standard InChI is InChI=1S/C18H23ClN2O5/c1-10-7-12(8-11(2)16(10)19)26-9-15(22)20-21-17(23)13-5-3-4-6-14(13)18(24)25/h7-8,13-14H,3-6,9H2,1-2H3,(H,20,22)(H,21,23)(H,24,25)/p-1/t13-,14+/m1/s1. The fourth-order valence-electron chi connectivity index (χ4n) is 3.13. The van der Waals surface area contributed by atoms with Crippen molar-refractivity contribution < 1.29 is 24.2 Å². The van der Waals surface area contributed by atoms with Crippen LogP contribution in [0.3, 0.4) is 0 Å². The lowest BCUT2D eigenvalue weighted by atomic mass is 9.79. The van der Waals surface area contributed by atoms with Gasteiger partial charge in [0.05, 0.1) is 0 Å². The minimum absolute atomic E-state index is 0.296. The first kappa shape index (κ1) is 20.0. The van der Waals surface area contributed by atoms with Crippen molar-refractivity contribution in [3.8, 4) is 5.75 Å². The molecule has 0 saturated heterocycles. The Hall–Kier alpha value is -2.28. The Morgan fingerprint density at radius 2 is 1.69 bits per heavy atom. The molecule has 1 aromatic carbocycles. The number of aryl methyl sites for hydroxylation is 2. The zero-order valence-corrected chi connectivity index (χ0v) is 15.5. The molecule has 0 unspecified atom stereocenters. The number of hydrogen-bond acceptors (Lipinski definition) is 5. The van der Waals surface area contributed by atoms with Crippen LogP contribution in [0.25, 0.3) is 0 Å². The Labute approximate surface area is 157 Å². The van der Waals surface area contributed by atoms with Gasteiger partial charge in [-0.25, -0.2) is 0 Å². The quantitative estimate of drug-likeness (QED) is 0.741. The molecule has 0 radical (unpaired) electrons. The number of hydrogen-bond donors (Lipinski definition) is 2. The van der Waals surface area contributed by atoms with Crippen LogP contribution in [0.5, 0.6) is 5.75 Å². The number of ether oxygens (including phenoxy) is 1. The lowest BCUT2D eigenvalue weighted by Gasteiger charge is -2.31. The third-order valence-corrected chi connectivity index (χ3v) is 5.11. The van der Waals surface area contributed by atoms with Gasteiger partial charge < -0.3 is 14.6 Å². The maximum absolute atomic E-state index is 12.1. The highest BCUT2D eigenvalue weighted by molar-refractivity contribution is 6.32. The summed E-state index contributed by atoms with van der Waals surface area (Å²) < 4.78 is 5.40. The Kier molecular flexibility index (Phi) is 6.85.